The van der Waals surface area contributed by atoms with Crippen molar-refractivity contribution in [3.8, 4) is 0 Å². The number of hydrogen-bond acceptors (Lipinski definition) is 1. The van der Waals surface area contributed by atoms with E-state index in [-0.39, 0.29) is 14.0 Å². The van der Waals surface area contributed by atoms with Crippen LogP contribution in [0.15, 0.2) is 54.6 Å². The van der Waals surface area contributed by atoms with E-state index in [0.29, 0.717) is 0 Å². The molecule has 2 rings (SSSR count). The lowest BCUT2D eigenvalue weighted by atomic mass is 10.3. The summed E-state index contributed by atoms with van der Waals surface area (Å²) in [6.45, 7) is 4.40. The molecule has 4 heteroatoms. The van der Waals surface area contributed by atoms with Gasteiger partial charge in [0.15, 0.2) is 0 Å². The van der Waals surface area contributed by atoms with Gasteiger partial charge in [-0.25, -0.2) is 4.79 Å². The van der Waals surface area contributed by atoms with Crippen molar-refractivity contribution >= 4 is 30.6 Å². The quantitative estimate of drug-likeness (QED) is 0.817. The molecule has 0 spiro atoms. The third-order valence-corrected chi connectivity index (χ3v) is 5.23. The minimum atomic E-state index is -0.227. The normalized spacial score (nSPS) is 11.7. The highest BCUT2D eigenvalue weighted by Gasteiger charge is 2.10. The summed E-state index contributed by atoms with van der Waals surface area (Å²) in [5, 5.41) is 7.00. The number of carbonyl (C=O) groups is 1. The van der Waals surface area contributed by atoms with Crippen LogP contribution in [0, 0.1) is 0 Å². The first-order valence-corrected chi connectivity index (χ1v) is 8.61. The summed E-state index contributed by atoms with van der Waals surface area (Å²) in [5.41, 5.74) is 1.69. The van der Waals surface area contributed by atoms with Crippen LogP contribution in [0.1, 0.15) is 6.92 Å². The minimum Gasteiger partial charge on any atom is -0.308 e. The predicted molar refractivity (Wildman–Crippen MR) is 88.5 cm³/mol. The highest BCUT2D eigenvalue weighted by Crippen LogP contribution is 2.31. The fourth-order valence-electron chi connectivity index (χ4n) is 1.89. The SMILES string of the molecule is CCP(C)c1ccccc1NC(=O)Nc1ccccc1. The molecule has 0 fully saturated rings. The van der Waals surface area contributed by atoms with Crippen molar-refractivity contribution in [2.45, 2.75) is 6.92 Å². The third-order valence-electron chi connectivity index (χ3n) is 3.07. The molecule has 0 saturated carbocycles. The fraction of sp³-hybridized carbons (Fsp3) is 0.188. The molecule has 2 aromatic rings. The Labute approximate surface area is 121 Å². The van der Waals surface area contributed by atoms with Crippen LogP contribution in [0.4, 0.5) is 16.2 Å². The zero-order chi connectivity index (χ0) is 14.4. The average Bonchev–Trinajstić information content (AvgIpc) is 2.48. The smallest absolute Gasteiger partial charge is 0.308 e. The Bertz CT molecular complexity index is 572. The Kier molecular flexibility index (Phi) is 5.14. The van der Waals surface area contributed by atoms with Crippen LogP contribution < -0.4 is 15.9 Å². The molecule has 0 aliphatic heterocycles. The summed E-state index contributed by atoms with van der Waals surface area (Å²) in [5.74, 6) is 0. The van der Waals surface area contributed by atoms with Gasteiger partial charge >= 0.3 is 6.03 Å². The van der Waals surface area contributed by atoms with Crippen molar-refractivity contribution in [3.63, 3.8) is 0 Å². The fourth-order valence-corrected chi connectivity index (χ4v) is 3.11. The van der Waals surface area contributed by atoms with E-state index in [2.05, 4.69) is 30.3 Å². The molecule has 0 bridgehead atoms. The van der Waals surface area contributed by atoms with E-state index < -0.39 is 0 Å². The highest BCUT2D eigenvalue weighted by atomic mass is 31.1. The van der Waals surface area contributed by atoms with Crippen molar-refractivity contribution in [2.24, 2.45) is 0 Å². The van der Waals surface area contributed by atoms with Gasteiger partial charge in [-0.2, -0.15) is 0 Å². The lowest BCUT2D eigenvalue weighted by Crippen LogP contribution is -2.23. The van der Waals surface area contributed by atoms with E-state index in [0.717, 1.165) is 17.5 Å². The van der Waals surface area contributed by atoms with Crippen molar-refractivity contribution < 1.29 is 4.79 Å². The van der Waals surface area contributed by atoms with Crippen LogP contribution in [0.25, 0.3) is 0 Å². The number of benzene rings is 2. The molecule has 0 saturated heterocycles. The Balaban J connectivity index is 2.08. The van der Waals surface area contributed by atoms with Gasteiger partial charge in [-0.15, -0.1) is 0 Å². The number of nitrogens with one attached hydrogen (secondary N) is 2. The van der Waals surface area contributed by atoms with Crippen LogP contribution in [0.3, 0.4) is 0 Å². The van der Waals surface area contributed by atoms with Gasteiger partial charge in [0.2, 0.25) is 0 Å². The number of hydrogen-bond donors (Lipinski definition) is 2. The molecule has 3 nitrogen and oxygen atoms in total. The summed E-state index contributed by atoms with van der Waals surface area (Å²) >= 11 is 0. The van der Waals surface area contributed by atoms with Gasteiger partial charge in [0.1, 0.15) is 0 Å². The minimum absolute atomic E-state index is 0.205. The summed E-state index contributed by atoms with van der Waals surface area (Å²) in [6, 6.07) is 17.2. The number of anilines is 2. The van der Waals surface area contributed by atoms with E-state index in [4.69, 9.17) is 0 Å². The lowest BCUT2D eigenvalue weighted by Gasteiger charge is -2.16. The van der Waals surface area contributed by atoms with E-state index in [1.165, 1.54) is 5.30 Å². The summed E-state index contributed by atoms with van der Waals surface area (Å²) in [4.78, 5) is 12.0. The van der Waals surface area contributed by atoms with Gasteiger partial charge < -0.3 is 10.6 Å². The molecule has 1 atom stereocenters. The van der Waals surface area contributed by atoms with Crippen LogP contribution in [-0.2, 0) is 0 Å². The van der Waals surface area contributed by atoms with E-state index in [1.54, 1.807) is 0 Å². The standard InChI is InChI=1S/C16H19N2OP/c1-3-20(2)15-12-8-7-11-14(15)18-16(19)17-13-9-5-4-6-10-13/h4-12H,3H2,1-2H3,(H2,17,18,19). The van der Waals surface area contributed by atoms with E-state index in [9.17, 15) is 4.79 Å². The van der Waals surface area contributed by atoms with Crippen LogP contribution in [-0.4, -0.2) is 18.9 Å². The molecule has 1 unspecified atom stereocenters. The maximum atomic E-state index is 12.0. The van der Waals surface area contributed by atoms with Crippen LogP contribution in [0.2, 0.25) is 0 Å². The molecule has 2 N–H and O–H groups in total. The molecule has 20 heavy (non-hydrogen) atoms. The van der Waals surface area contributed by atoms with Crippen molar-refractivity contribution in [3.05, 3.63) is 54.6 Å². The van der Waals surface area contributed by atoms with Gasteiger partial charge in [0.05, 0.1) is 5.69 Å². The molecule has 0 aliphatic carbocycles. The Hall–Kier alpha value is -1.86. The summed E-state index contributed by atoms with van der Waals surface area (Å²) < 4.78 is 0. The molecule has 2 amide bonds. The number of para-hydroxylation sites is 2. The number of carbonyl (C=O) groups excluding carboxylic acids is 1. The van der Waals surface area contributed by atoms with Crippen LogP contribution >= 0.6 is 7.92 Å². The average molecular weight is 286 g/mol. The number of amides is 2. The monoisotopic (exact) mass is 286 g/mol. The van der Waals surface area contributed by atoms with Gasteiger partial charge in [-0.05, 0) is 36.3 Å². The summed E-state index contributed by atoms with van der Waals surface area (Å²) in [6.07, 6.45) is 1.11. The molecular weight excluding hydrogens is 267 g/mol. The van der Waals surface area contributed by atoms with E-state index >= 15 is 0 Å². The summed E-state index contributed by atoms with van der Waals surface area (Å²) in [7, 11) is -0.227. The first-order valence-electron chi connectivity index (χ1n) is 6.64. The highest BCUT2D eigenvalue weighted by molar-refractivity contribution is 7.65. The molecule has 104 valence electrons. The Morgan fingerprint density at radius 1 is 1.00 bits per heavy atom. The second kappa shape index (κ2) is 7.06. The third kappa shape index (κ3) is 3.82. The topological polar surface area (TPSA) is 41.1 Å². The molecule has 0 aromatic heterocycles. The first-order chi connectivity index (χ1) is 9.70. The Morgan fingerprint density at radius 3 is 2.35 bits per heavy atom. The second-order valence-corrected chi connectivity index (χ2v) is 6.99. The van der Waals surface area contributed by atoms with Crippen molar-refractivity contribution in [2.75, 3.05) is 23.5 Å². The molecule has 2 aromatic carbocycles. The molecule has 0 radical (unpaired) electrons. The lowest BCUT2D eigenvalue weighted by molar-refractivity contribution is 0.262. The van der Waals surface area contributed by atoms with Crippen LogP contribution in [0.5, 0.6) is 0 Å². The van der Waals surface area contributed by atoms with E-state index in [1.807, 2.05) is 48.5 Å². The zero-order valence-corrected chi connectivity index (χ0v) is 12.7. The largest absolute Gasteiger partial charge is 0.323 e. The van der Waals surface area contributed by atoms with Gasteiger partial charge in [0.25, 0.3) is 0 Å². The second-order valence-electron chi connectivity index (χ2n) is 4.48. The molecule has 0 aliphatic rings. The van der Waals surface area contributed by atoms with Gasteiger partial charge in [0, 0.05) is 5.69 Å². The maximum absolute atomic E-state index is 12.0. The number of urea groups is 1. The van der Waals surface area contributed by atoms with Crippen molar-refractivity contribution in [1.29, 1.82) is 0 Å². The Morgan fingerprint density at radius 2 is 1.65 bits per heavy atom. The molecule has 0 heterocycles. The zero-order valence-electron chi connectivity index (χ0n) is 11.8. The maximum Gasteiger partial charge on any atom is 0.323 e. The molecular formula is C16H19N2OP. The van der Waals surface area contributed by atoms with Crippen molar-refractivity contribution in [1.82, 2.24) is 0 Å². The first kappa shape index (κ1) is 14.5. The predicted octanol–water partition coefficient (Wildman–Crippen LogP) is 4.09. The number of rotatable bonds is 4. The van der Waals surface area contributed by atoms with Gasteiger partial charge in [-0.3, -0.25) is 0 Å². The van der Waals surface area contributed by atoms with Gasteiger partial charge in [-0.1, -0.05) is 51.2 Å².